The number of nitrogens with one attached hydrogen (secondary N) is 1. The van der Waals surface area contributed by atoms with Crippen molar-refractivity contribution in [2.24, 2.45) is 17.3 Å². The van der Waals surface area contributed by atoms with Crippen LogP contribution in [0.2, 0.25) is 0 Å². The lowest BCUT2D eigenvalue weighted by molar-refractivity contribution is -0.171. The predicted octanol–water partition coefficient (Wildman–Crippen LogP) is 4.33. The summed E-state index contributed by atoms with van der Waals surface area (Å²) < 4.78 is 17.5. The zero-order chi connectivity index (χ0) is 21.4. The summed E-state index contributed by atoms with van der Waals surface area (Å²) in [6, 6.07) is 0. The lowest BCUT2D eigenvalue weighted by atomic mass is 9.48. The van der Waals surface area contributed by atoms with E-state index in [0.29, 0.717) is 12.3 Å². The fourth-order valence-electron chi connectivity index (χ4n) is 5.39. The van der Waals surface area contributed by atoms with Gasteiger partial charge >= 0.3 is 6.09 Å². The minimum atomic E-state index is -0.784. The summed E-state index contributed by atoms with van der Waals surface area (Å²) in [7, 11) is 1.65. The number of carbonyl (C=O) groups excluding carboxylic acids is 2. The SMILES string of the molecule is C=C1O[C@@]12CC[C@@H](OC(=O)NC(=O)CCl)[C@@H](OC)C2C1(C)CC[C@@H]1CC=C(C)C. The first-order valence-electron chi connectivity index (χ1n) is 10.3. The van der Waals surface area contributed by atoms with Gasteiger partial charge in [-0.2, -0.15) is 0 Å². The van der Waals surface area contributed by atoms with E-state index in [9.17, 15) is 9.59 Å². The first-order chi connectivity index (χ1) is 13.7. The van der Waals surface area contributed by atoms with Crippen LogP contribution in [0.1, 0.15) is 52.9 Å². The van der Waals surface area contributed by atoms with Gasteiger partial charge in [0.15, 0.2) is 5.60 Å². The number of carbonyl (C=O) groups is 2. The van der Waals surface area contributed by atoms with E-state index in [1.54, 1.807) is 7.11 Å². The van der Waals surface area contributed by atoms with Gasteiger partial charge in [-0.1, -0.05) is 25.2 Å². The van der Waals surface area contributed by atoms with Crippen LogP contribution in [0.4, 0.5) is 4.79 Å². The quantitative estimate of drug-likeness (QED) is 0.389. The third-order valence-electron chi connectivity index (χ3n) is 7.11. The van der Waals surface area contributed by atoms with E-state index in [1.165, 1.54) is 5.57 Å². The third kappa shape index (κ3) is 4.06. The molecule has 1 heterocycles. The second-order valence-electron chi connectivity index (χ2n) is 9.02. The van der Waals surface area contributed by atoms with Crippen LogP contribution < -0.4 is 5.32 Å². The molecule has 2 saturated carbocycles. The molecule has 0 radical (unpaired) electrons. The minimum Gasteiger partial charge on any atom is -0.480 e. The molecule has 0 aromatic heterocycles. The van der Waals surface area contributed by atoms with Crippen LogP contribution in [-0.4, -0.2) is 42.8 Å². The van der Waals surface area contributed by atoms with Crippen LogP contribution in [0.15, 0.2) is 24.0 Å². The van der Waals surface area contributed by atoms with E-state index in [0.717, 1.165) is 31.4 Å². The standard InChI is InChI=1S/C22H32ClNO5/c1-13(2)6-7-15-8-10-21(15,4)19-18(27-5)16(9-11-22(19)14(3)29-22)28-20(26)24-17(25)12-23/h6,15-16,18-19H,3,7-12H2,1-2,4-5H3,(H,24,25,26)/t15-,16+,18+,19?,21?,22-/m0/s1. The lowest BCUT2D eigenvalue weighted by Gasteiger charge is -2.57. The first kappa shape index (κ1) is 22.2. The minimum absolute atomic E-state index is 0.00344. The van der Waals surface area contributed by atoms with E-state index >= 15 is 0 Å². The summed E-state index contributed by atoms with van der Waals surface area (Å²) >= 11 is 5.46. The Balaban J connectivity index is 1.82. The Hall–Kier alpha value is -1.53. The van der Waals surface area contributed by atoms with Crippen molar-refractivity contribution in [3.8, 4) is 0 Å². The summed E-state index contributed by atoms with van der Waals surface area (Å²) in [4.78, 5) is 23.5. The number of methoxy groups -OCH3 is 1. The molecule has 1 aliphatic heterocycles. The molecular formula is C22H32ClNO5. The van der Waals surface area contributed by atoms with E-state index < -0.39 is 23.7 Å². The largest absolute Gasteiger partial charge is 0.480 e. The molecule has 162 valence electrons. The van der Waals surface area contributed by atoms with E-state index in [2.05, 4.69) is 38.7 Å². The Bertz CT molecular complexity index is 718. The van der Waals surface area contributed by atoms with Crippen LogP contribution in [0.5, 0.6) is 0 Å². The molecule has 2 unspecified atom stereocenters. The number of alkyl carbamates (subject to hydrolysis) is 1. The van der Waals surface area contributed by atoms with Crippen molar-refractivity contribution in [3.05, 3.63) is 24.0 Å². The van der Waals surface area contributed by atoms with Gasteiger partial charge in [0.1, 0.15) is 23.8 Å². The monoisotopic (exact) mass is 425 g/mol. The van der Waals surface area contributed by atoms with Crippen molar-refractivity contribution in [2.75, 3.05) is 13.0 Å². The topological polar surface area (TPSA) is 77.2 Å². The van der Waals surface area contributed by atoms with Crippen molar-refractivity contribution >= 4 is 23.6 Å². The summed E-state index contributed by atoms with van der Waals surface area (Å²) in [5.74, 6) is 0.475. The van der Waals surface area contributed by atoms with Crippen LogP contribution in [0.25, 0.3) is 0 Å². The number of imide groups is 1. The fourth-order valence-corrected chi connectivity index (χ4v) is 5.46. The Morgan fingerprint density at radius 3 is 2.52 bits per heavy atom. The van der Waals surface area contributed by atoms with Gasteiger partial charge in [0, 0.05) is 13.0 Å². The molecule has 7 heteroatoms. The smallest absolute Gasteiger partial charge is 0.414 e. The van der Waals surface area contributed by atoms with Gasteiger partial charge in [-0.15, -0.1) is 11.6 Å². The number of alkyl halides is 1. The molecule has 0 aromatic rings. The molecule has 0 bridgehead atoms. The maximum atomic E-state index is 12.1. The van der Waals surface area contributed by atoms with Crippen LogP contribution >= 0.6 is 11.6 Å². The normalized spacial score (nSPS) is 37.9. The van der Waals surface area contributed by atoms with Crippen molar-refractivity contribution < 1.29 is 23.8 Å². The number of allylic oxidation sites excluding steroid dienone is 2. The Labute approximate surface area is 178 Å². The number of hydrogen-bond donors (Lipinski definition) is 1. The van der Waals surface area contributed by atoms with E-state index in [1.807, 2.05) is 0 Å². The van der Waals surface area contributed by atoms with Gasteiger partial charge in [0.25, 0.3) is 0 Å². The Morgan fingerprint density at radius 1 is 1.34 bits per heavy atom. The predicted molar refractivity (Wildman–Crippen MR) is 110 cm³/mol. The Kier molecular flexibility index (Phi) is 6.35. The average Bonchev–Trinajstić information content (AvgIpc) is 3.30. The molecule has 6 nitrogen and oxygen atoms in total. The van der Waals surface area contributed by atoms with Crippen molar-refractivity contribution in [1.29, 1.82) is 0 Å². The molecule has 3 fully saturated rings. The lowest BCUT2D eigenvalue weighted by Crippen LogP contribution is -2.60. The molecule has 3 rings (SSSR count). The molecule has 6 atom stereocenters. The molecule has 1 spiro atoms. The highest BCUT2D eigenvalue weighted by Crippen LogP contribution is 2.67. The molecule has 2 aliphatic carbocycles. The zero-order valence-electron chi connectivity index (χ0n) is 17.8. The van der Waals surface area contributed by atoms with Crippen LogP contribution in [0, 0.1) is 17.3 Å². The molecule has 0 aromatic carbocycles. The molecule has 2 amide bonds. The van der Waals surface area contributed by atoms with Crippen molar-refractivity contribution in [2.45, 2.75) is 70.7 Å². The number of halogens is 1. The first-order valence-corrected chi connectivity index (χ1v) is 10.8. The van der Waals surface area contributed by atoms with Gasteiger partial charge in [0.2, 0.25) is 5.91 Å². The van der Waals surface area contributed by atoms with Gasteiger partial charge in [-0.3, -0.25) is 10.1 Å². The summed E-state index contributed by atoms with van der Waals surface area (Å²) in [6.45, 7) is 10.6. The van der Waals surface area contributed by atoms with Crippen LogP contribution in [0.3, 0.4) is 0 Å². The second-order valence-corrected chi connectivity index (χ2v) is 9.28. The van der Waals surface area contributed by atoms with Gasteiger partial charge in [-0.25, -0.2) is 4.79 Å². The highest BCUT2D eigenvalue weighted by Gasteiger charge is 2.70. The molecule has 29 heavy (non-hydrogen) atoms. The number of epoxide rings is 1. The number of rotatable bonds is 6. The van der Waals surface area contributed by atoms with Gasteiger partial charge in [-0.05, 0) is 57.3 Å². The maximum absolute atomic E-state index is 12.1. The van der Waals surface area contributed by atoms with E-state index in [-0.39, 0.29) is 23.3 Å². The maximum Gasteiger partial charge on any atom is 0.414 e. The van der Waals surface area contributed by atoms with Gasteiger partial charge in [0.05, 0.1) is 0 Å². The van der Waals surface area contributed by atoms with E-state index in [4.69, 9.17) is 25.8 Å². The summed E-state index contributed by atoms with van der Waals surface area (Å²) in [5, 5.41) is 2.15. The molecule has 1 N–H and O–H groups in total. The number of ether oxygens (including phenoxy) is 3. The third-order valence-corrected chi connectivity index (χ3v) is 7.35. The molecular weight excluding hydrogens is 394 g/mol. The summed E-state index contributed by atoms with van der Waals surface area (Å²) in [6.07, 6.45) is 5.27. The van der Waals surface area contributed by atoms with Crippen molar-refractivity contribution in [3.63, 3.8) is 0 Å². The Morgan fingerprint density at radius 2 is 2.03 bits per heavy atom. The number of amides is 2. The number of hydrogen-bond acceptors (Lipinski definition) is 5. The summed E-state index contributed by atoms with van der Waals surface area (Å²) in [5.41, 5.74) is 0.910. The average molecular weight is 426 g/mol. The molecule has 1 saturated heterocycles. The van der Waals surface area contributed by atoms with Gasteiger partial charge < -0.3 is 14.2 Å². The molecule has 3 aliphatic rings. The zero-order valence-corrected chi connectivity index (χ0v) is 18.5. The second kappa shape index (κ2) is 8.31. The highest BCUT2D eigenvalue weighted by atomic mass is 35.5. The fraction of sp³-hybridized carbons (Fsp3) is 0.727. The highest BCUT2D eigenvalue weighted by molar-refractivity contribution is 6.28. The van der Waals surface area contributed by atoms with Crippen molar-refractivity contribution in [1.82, 2.24) is 5.32 Å². The van der Waals surface area contributed by atoms with Crippen LogP contribution in [-0.2, 0) is 19.0 Å².